The van der Waals surface area contributed by atoms with Gasteiger partial charge in [-0.25, -0.2) is 4.68 Å². The minimum Gasteiger partial charge on any atom is -0.494 e. The fourth-order valence-corrected chi connectivity index (χ4v) is 3.40. The van der Waals surface area contributed by atoms with Crippen LogP contribution in [0.5, 0.6) is 5.75 Å². The van der Waals surface area contributed by atoms with Crippen LogP contribution in [0.2, 0.25) is 10.0 Å². The van der Waals surface area contributed by atoms with Crippen molar-refractivity contribution in [3.63, 3.8) is 0 Å². The smallest absolute Gasteiger partial charge is 0.144 e. The Labute approximate surface area is 150 Å². The van der Waals surface area contributed by atoms with E-state index >= 15 is 0 Å². The van der Waals surface area contributed by atoms with Crippen LogP contribution >= 0.6 is 23.2 Å². The largest absolute Gasteiger partial charge is 0.494 e. The monoisotopic (exact) mass is 359 g/mol. The highest BCUT2D eigenvalue weighted by Crippen LogP contribution is 2.37. The number of hydrogen-bond acceptors (Lipinski definition) is 3. The fraction of sp³-hybridized carbons (Fsp3) is 0.167. The van der Waals surface area contributed by atoms with E-state index in [1.165, 1.54) is 5.56 Å². The third-order valence-corrected chi connectivity index (χ3v) is 4.59. The van der Waals surface area contributed by atoms with Crippen molar-refractivity contribution in [2.24, 2.45) is 0 Å². The number of ether oxygens (including phenoxy) is 1. The van der Waals surface area contributed by atoms with Gasteiger partial charge in [0.2, 0.25) is 0 Å². The Balaban J connectivity index is 1.93. The summed E-state index contributed by atoms with van der Waals surface area (Å²) >= 11 is 12.3. The molecule has 1 N–H and O–H groups in total. The van der Waals surface area contributed by atoms with Crippen molar-refractivity contribution in [1.82, 2.24) is 9.78 Å². The van der Waals surface area contributed by atoms with Gasteiger partial charge in [-0.3, -0.25) is 0 Å². The molecule has 6 heteroatoms. The first-order chi connectivity index (χ1) is 11.7. The van der Waals surface area contributed by atoms with Gasteiger partial charge in [-0.2, -0.15) is 5.10 Å². The second kappa shape index (κ2) is 6.04. The topological polar surface area (TPSA) is 39.1 Å². The zero-order valence-corrected chi connectivity index (χ0v) is 14.5. The van der Waals surface area contributed by atoms with E-state index in [-0.39, 0.29) is 0 Å². The zero-order chi connectivity index (χ0) is 16.7. The van der Waals surface area contributed by atoms with Crippen LogP contribution in [0.25, 0.3) is 16.9 Å². The number of halogens is 2. The van der Waals surface area contributed by atoms with Gasteiger partial charge in [-0.1, -0.05) is 35.3 Å². The summed E-state index contributed by atoms with van der Waals surface area (Å²) in [6.45, 7) is 0.879. The Morgan fingerprint density at radius 3 is 2.75 bits per heavy atom. The lowest BCUT2D eigenvalue weighted by molar-refractivity contribution is 0.412. The van der Waals surface area contributed by atoms with Gasteiger partial charge < -0.3 is 10.1 Å². The number of fused-ring (bicyclic) bond motifs is 1. The molecule has 0 radical (unpaired) electrons. The highest BCUT2D eigenvalue weighted by Gasteiger charge is 2.25. The lowest BCUT2D eigenvalue weighted by Gasteiger charge is -2.11. The van der Waals surface area contributed by atoms with Crippen LogP contribution in [0.4, 0.5) is 5.82 Å². The molecule has 1 aromatic heterocycles. The molecule has 0 unspecified atom stereocenters. The maximum absolute atomic E-state index is 6.18. The molecule has 0 bridgehead atoms. The Hall–Kier alpha value is -2.17. The van der Waals surface area contributed by atoms with E-state index < -0.39 is 0 Å². The summed E-state index contributed by atoms with van der Waals surface area (Å²) in [5, 5.41) is 9.56. The van der Waals surface area contributed by atoms with Crippen LogP contribution in [-0.2, 0) is 6.42 Å². The van der Waals surface area contributed by atoms with Gasteiger partial charge in [0.15, 0.2) is 0 Å². The van der Waals surface area contributed by atoms with E-state index in [0.29, 0.717) is 10.0 Å². The van der Waals surface area contributed by atoms with E-state index in [1.807, 2.05) is 41.1 Å². The van der Waals surface area contributed by atoms with E-state index in [9.17, 15) is 0 Å². The maximum atomic E-state index is 6.18. The zero-order valence-electron chi connectivity index (χ0n) is 13.0. The molecule has 2 aromatic carbocycles. The summed E-state index contributed by atoms with van der Waals surface area (Å²) in [6.07, 6.45) is 0.917. The molecule has 0 saturated heterocycles. The summed E-state index contributed by atoms with van der Waals surface area (Å²) < 4.78 is 7.34. The van der Waals surface area contributed by atoms with Crippen molar-refractivity contribution in [2.45, 2.75) is 6.42 Å². The molecule has 1 aliphatic rings. The minimum absolute atomic E-state index is 0.636. The molecule has 2 heterocycles. The number of nitrogens with one attached hydrogen (secondary N) is 1. The Kier molecular flexibility index (Phi) is 3.87. The van der Waals surface area contributed by atoms with Gasteiger partial charge in [0.05, 0.1) is 12.8 Å². The number of nitrogens with zero attached hydrogens (tertiary/aromatic N) is 2. The van der Waals surface area contributed by atoms with Crippen LogP contribution in [-0.4, -0.2) is 23.4 Å². The third-order valence-electron chi connectivity index (χ3n) is 4.12. The van der Waals surface area contributed by atoms with Gasteiger partial charge in [0, 0.05) is 27.7 Å². The molecule has 3 aromatic rings. The lowest BCUT2D eigenvalue weighted by atomic mass is 10.1. The molecule has 4 rings (SSSR count). The van der Waals surface area contributed by atoms with Crippen LogP contribution < -0.4 is 10.1 Å². The Morgan fingerprint density at radius 2 is 1.96 bits per heavy atom. The van der Waals surface area contributed by atoms with E-state index in [0.717, 1.165) is 41.5 Å². The lowest BCUT2D eigenvalue weighted by Crippen LogP contribution is -2.05. The SMILES string of the molecule is COc1ccc(Cl)cc1-n1nc(-c2cccc(Cl)c2)c2c1NCC2. The molecule has 0 fully saturated rings. The van der Waals surface area contributed by atoms with Crippen molar-refractivity contribution in [1.29, 1.82) is 0 Å². The van der Waals surface area contributed by atoms with E-state index in [4.69, 9.17) is 33.0 Å². The Morgan fingerprint density at radius 1 is 1.12 bits per heavy atom. The van der Waals surface area contributed by atoms with Gasteiger partial charge in [0.1, 0.15) is 17.3 Å². The van der Waals surface area contributed by atoms with Crippen molar-refractivity contribution in [3.8, 4) is 22.7 Å². The predicted molar refractivity (Wildman–Crippen MR) is 97.8 cm³/mol. The molecule has 0 spiro atoms. The number of rotatable bonds is 3. The predicted octanol–water partition coefficient (Wildman–Crippen LogP) is 4.82. The maximum Gasteiger partial charge on any atom is 0.144 e. The minimum atomic E-state index is 0.636. The number of aromatic nitrogens is 2. The number of methoxy groups -OCH3 is 1. The molecule has 24 heavy (non-hydrogen) atoms. The number of benzene rings is 2. The molecular weight excluding hydrogens is 345 g/mol. The third kappa shape index (κ3) is 2.52. The van der Waals surface area contributed by atoms with Crippen molar-refractivity contribution in [2.75, 3.05) is 19.0 Å². The van der Waals surface area contributed by atoms with E-state index in [1.54, 1.807) is 13.2 Å². The summed E-state index contributed by atoms with van der Waals surface area (Å²) in [7, 11) is 1.64. The average molecular weight is 360 g/mol. The molecule has 0 saturated carbocycles. The first-order valence-electron chi connectivity index (χ1n) is 7.63. The average Bonchev–Trinajstić information content (AvgIpc) is 3.17. The van der Waals surface area contributed by atoms with Crippen LogP contribution in [0.1, 0.15) is 5.56 Å². The van der Waals surface area contributed by atoms with Crippen LogP contribution in [0, 0.1) is 0 Å². The summed E-state index contributed by atoms with van der Waals surface area (Å²) in [4.78, 5) is 0. The molecule has 122 valence electrons. The second-order valence-electron chi connectivity index (χ2n) is 5.59. The van der Waals surface area contributed by atoms with Gasteiger partial charge in [-0.15, -0.1) is 0 Å². The van der Waals surface area contributed by atoms with Crippen LogP contribution in [0.3, 0.4) is 0 Å². The van der Waals surface area contributed by atoms with Gasteiger partial charge in [0.25, 0.3) is 0 Å². The quantitative estimate of drug-likeness (QED) is 0.728. The number of anilines is 1. The Bertz CT molecular complexity index is 921. The second-order valence-corrected chi connectivity index (χ2v) is 6.46. The molecule has 0 atom stereocenters. The number of hydrogen-bond donors (Lipinski definition) is 1. The molecule has 4 nitrogen and oxygen atoms in total. The van der Waals surface area contributed by atoms with Crippen molar-refractivity contribution in [3.05, 3.63) is 58.1 Å². The molecule has 0 aliphatic carbocycles. The van der Waals surface area contributed by atoms with Crippen molar-refractivity contribution >= 4 is 29.0 Å². The van der Waals surface area contributed by atoms with Gasteiger partial charge in [-0.05, 0) is 36.8 Å². The van der Waals surface area contributed by atoms with Gasteiger partial charge >= 0.3 is 0 Å². The first-order valence-corrected chi connectivity index (χ1v) is 8.38. The van der Waals surface area contributed by atoms with Crippen molar-refractivity contribution < 1.29 is 4.74 Å². The normalized spacial score (nSPS) is 12.8. The summed E-state index contributed by atoms with van der Waals surface area (Å²) in [6, 6.07) is 13.3. The highest BCUT2D eigenvalue weighted by molar-refractivity contribution is 6.31. The summed E-state index contributed by atoms with van der Waals surface area (Å²) in [5.74, 6) is 1.70. The summed E-state index contributed by atoms with van der Waals surface area (Å²) in [5.41, 5.74) is 3.92. The first kappa shape index (κ1) is 15.4. The fourth-order valence-electron chi connectivity index (χ4n) is 3.05. The molecule has 0 amide bonds. The van der Waals surface area contributed by atoms with Crippen LogP contribution in [0.15, 0.2) is 42.5 Å². The molecule has 1 aliphatic heterocycles. The highest BCUT2D eigenvalue weighted by atomic mass is 35.5. The van der Waals surface area contributed by atoms with E-state index in [2.05, 4.69) is 5.32 Å². The molecular formula is C18H15Cl2N3O. The standard InChI is InChI=1S/C18H15Cl2N3O/c1-24-16-6-5-13(20)10-15(16)23-18-14(7-8-21-18)17(22-23)11-3-2-4-12(19)9-11/h2-6,9-10,21H,7-8H2,1H3.